The molecule has 0 N–H and O–H groups in total. The minimum absolute atomic E-state index is 0.216. The minimum Gasteiger partial charge on any atom is -0.340 e. The van der Waals surface area contributed by atoms with Crippen molar-refractivity contribution in [3.63, 3.8) is 0 Å². The molecule has 1 fully saturated rings. The molecule has 25 heavy (non-hydrogen) atoms. The molecule has 1 aromatic carbocycles. The number of nitrogens with zero attached hydrogens (tertiary/aromatic N) is 3. The monoisotopic (exact) mass is 373 g/mol. The lowest BCUT2D eigenvalue weighted by atomic mass is 10.0. The smallest absolute Gasteiger partial charge is 0.228 e. The lowest BCUT2D eigenvalue weighted by Gasteiger charge is -2.33. The van der Waals surface area contributed by atoms with Crippen LogP contribution in [0.25, 0.3) is 16.2 Å². The summed E-state index contributed by atoms with van der Waals surface area (Å²) in [6.45, 7) is 3.03. The van der Waals surface area contributed by atoms with E-state index in [1.165, 1.54) is 6.42 Å². The van der Waals surface area contributed by atoms with Gasteiger partial charge in [-0.25, -0.2) is 4.98 Å². The van der Waals surface area contributed by atoms with Crippen molar-refractivity contribution in [1.82, 2.24) is 14.3 Å². The largest absolute Gasteiger partial charge is 0.340 e. The number of piperidine rings is 1. The first-order chi connectivity index (χ1) is 12.1. The summed E-state index contributed by atoms with van der Waals surface area (Å²) in [5.74, 6) is 0.216. The lowest BCUT2D eigenvalue weighted by Crippen LogP contribution is -2.42. The summed E-state index contributed by atoms with van der Waals surface area (Å²) in [6.07, 6.45) is 5.88. The van der Waals surface area contributed by atoms with Crippen LogP contribution in [0.1, 0.15) is 31.9 Å². The Morgan fingerprint density at radius 3 is 2.88 bits per heavy atom. The van der Waals surface area contributed by atoms with Crippen molar-refractivity contribution in [2.45, 2.75) is 38.6 Å². The third kappa shape index (κ3) is 3.31. The number of halogens is 1. The molecule has 4 nitrogen and oxygen atoms in total. The molecular weight excluding hydrogens is 354 g/mol. The number of aromatic nitrogens is 2. The van der Waals surface area contributed by atoms with Crippen molar-refractivity contribution in [2.75, 3.05) is 6.54 Å². The minimum atomic E-state index is 0.216. The molecule has 0 aliphatic carbocycles. The number of benzene rings is 1. The van der Waals surface area contributed by atoms with Gasteiger partial charge in [0.1, 0.15) is 0 Å². The Balaban J connectivity index is 1.58. The van der Waals surface area contributed by atoms with Gasteiger partial charge in [0.25, 0.3) is 0 Å². The van der Waals surface area contributed by atoms with Gasteiger partial charge >= 0.3 is 0 Å². The molecule has 0 bridgehead atoms. The SMILES string of the molecule is C[C@H]1CCCCN1C(=O)Cc1csc2nc(-c3ccc(Cl)cc3)cn12. The molecule has 4 rings (SSSR count). The van der Waals surface area contributed by atoms with E-state index in [1.54, 1.807) is 11.3 Å². The molecule has 6 heteroatoms. The van der Waals surface area contributed by atoms with Gasteiger partial charge in [-0.2, -0.15) is 0 Å². The summed E-state index contributed by atoms with van der Waals surface area (Å²) in [7, 11) is 0. The van der Waals surface area contributed by atoms with Crippen LogP contribution in [0.15, 0.2) is 35.8 Å². The second-order valence-corrected chi connectivity index (χ2v) is 7.89. The van der Waals surface area contributed by atoms with E-state index in [9.17, 15) is 4.79 Å². The Labute approximate surface area is 156 Å². The second kappa shape index (κ2) is 6.81. The standard InChI is InChI=1S/C19H20ClN3OS/c1-13-4-2-3-9-22(13)18(24)10-16-12-25-19-21-17(11-23(16)19)14-5-7-15(20)8-6-14/h5-8,11-13H,2-4,9-10H2,1H3/t13-/m0/s1. The van der Waals surface area contributed by atoms with Crippen molar-refractivity contribution in [1.29, 1.82) is 0 Å². The molecule has 130 valence electrons. The number of fused-ring (bicyclic) bond motifs is 1. The molecule has 2 aromatic heterocycles. The van der Waals surface area contributed by atoms with Gasteiger partial charge in [-0.15, -0.1) is 11.3 Å². The molecule has 1 aliphatic rings. The van der Waals surface area contributed by atoms with Crippen molar-refractivity contribution < 1.29 is 4.79 Å². The normalized spacial score (nSPS) is 18.0. The highest BCUT2D eigenvalue weighted by atomic mass is 35.5. The average Bonchev–Trinajstić information content (AvgIpc) is 3.18. The van der Waals surface area contributed by atoms with Gasteiger partial charge in [-0.05, 0) is 38.3 Å². The number of amides is 1. The predicted octanol–water partition coefficient (Wildman–Crippen LogP) is 4.66. The highest BCUT2D eigenvalue weighted by molar-refractivity contribution is 7.15. The van der Waals surface area contributed by atoms with Crippen LogP contribution in [0.2, 0.25) is 5.02 Å². The van der Waals surface area contributed by atoms with Gasteiger partial charge in [0.15, 0.2) is 4.96 Å². The number of hydrogen-bond donors (Lipinski definition) is 0. The fraction of sp³-hybridized carbons (Fsp3) is 0.368. The molecular formula is C19H20ClN3OS. The van der Waals surface area contributed by atoms with Crippen LogP contribution in [0.3, 0.4) is 0 Å². The van der Waals surface area contributed by atoms with Crippen molar-refractivity contribution in [2.24, 2.45) is 0 Å². The maximum atomic E-state index is 12.7. The number of carbonyl (C=O) groups excluding carboxylic acids is 1. The molecule has 0 saturated carbocycles. The number of carbonyl (C=O) groups is 1. The number of rotatable bonds is 3. The predicted molar refractivity (Wildman–Crippen MR) is 102 cm³/mol. The van der Waals surface area contributed by atoms with E-state index in [4.69, 9.17) is 11.6 Å². The Morgan fingerprint density at radius 1 is 1.32 bits per heavy atom. The van der Waals surface area contributed by atoms with Gasteiger partial charge in [0, 0.05) is 40.4 Å². The summed E-state index contributed by atoms with van der Waals surface area (Å²) < 4.78 is 2.04. The van der Waals surface area contributed by atoms with E-state index in [-0.39, 0.29) is 5.91 Å². The Morgan fingerprint density at radius 2 is 2.12 bits per heavy atom. The van der Waals surface area contributed by atoms with E-state index in [0.29, 0.717) is 17.5 Å². The van der Waals surface area contributed by atoms with Crippen molar-refractivity contribution in [3.05, 3.63) is 46.6 Å². The van der Waals surface area contributed by atoms with Gasteiger partial charge in [-0.1, -0.05) is 23.7 Å². The first-order valence-electron chi connectivity index (χ1n) is 8.63. The van der Waals surface area contributed by atoms with Crippen LogP contribution in [-0.4, -0.2) is 32.8 Å². The number of imidazole rings is 1. The average molecular weight is 374 g/mol. The highest BCUT2D eigenvalue weighted by Gasteiger charge is 2.24. The zero-order chi connectivity index (χ0) is 17.4. The van der Waals surface area contributed by atoms with E-state index < -0.39 is 0 Å². The van der Waals surface area contributed by atoms with Crippen LogP contribution >= 0.6 is 22.9 Å². The summed E-state index contributed by atoms with van der Waals surface area (Å²) in [5, 5.41) is 2.76. The van der Waals surface area contributed by atoms with Crippen LogP contribution < -0.4 is 0 Å². The Hall–Kier alpha value is -1.85. The molecule has 1 amide bonds. The van der Waals surface area contributed by atoms with E-state index in [0.717, 1.165) is 41.3 Å². The third-order valence-corrected chi connectivity index (χ3v) is 6.02. The second-order valence-electron chi connectivity index (χ2n) is 6.62. The van der Waals surface area contributed by atoms with Gasteiger partial charge in [0.05, 0.1) is 12.1 Å². The van der Waals surface area contributed by atoms with E-state index in [2.05, 4.69) is 11.9 Å². The van der Waals surface area contributed by atoms with Crippen LogP contribution in [0, 0.1) is 0 Å². The molecule has 3 heterocycles. The number of hydrogen-bond acceptors (Lipinski definition) is 3. The maximum absolute atomic E-state index is 12.7. The lowest BCUT2D eigenvalue weighted by molar-refractivity contribution is -0.133. The van der Waals surface area contributed by atoms with Crippen LogP contribution in [-0.2, 0) is 11.2 Å². The molecule has 0 spiro atoms. The van der Waals surface area contributed by atoms with Gasteiger partial charge in [0.2, 0.25) is 5.91 Å². The van der Waals surface area contributed by atoms with Gasteiger partial charge in [-0.3, -0.25) is 9.20 Å². The van der Waals surface area contributed by atoms with E-state index >= 15 is 0 Å². The van der Waals surface area contributed by atoms with Crippen LogP contribution in [0.4, 0.5) is 0 Å². The fourth-order valence-corrected chi connectivity index (χ4v) is 4.44. The topological polar surface area (TPSA) is 37.6 Å². The molecule has 0 radical (unpaired) electrons. The molecule has 3 aromatic rings. The van der Waals surface area contributed by atoms with Crippen LogP contribution in [0.5, 0.6) is 0 Å². The summed E-state index contributed by atoms with van der Waals surface area (Å²) in [6, 6.07) is 8.02. The Bertz CT molecular complexity index is 899. The Kier molecular flexibility index (Phi) is 4.52. The quantitative estimate of drug-likeness (QED) is 0.669. The highest BCUT2D eigenvalue weighted by Crippen LogP contribution is 2.26. The third-order valence-electron chi connectivity index (χ3n) is 4.88. The number of likely N-dealkylation sites (tertiary alicyclic amines) is 1. The zero-order valence-corrected chi connectivity index (χ0v) is 15.7. The van der Waals surface area contributed by atoms with Crippen molar-refractivity contribution >= 4 is 33.8 Å². The summed E-state index contributed by atoms with van der Waals surface area (Å²) in [5.41, 5.74) is 2.95. The molecule has 1 saturated heterocycles. The first-order valence-corrected chi connectivity index (χ1v) is 9.88. The first kappa shape index (κ1) is 16.6. The zero-order valence-electron chi connectivity index (χ0n) is 14.1. The molecule has 1 atom stereocenters. The molecule has 0 unspecified atom stereocenters. The fourth-order valence-electron chi connectivity index (χ4n) is 3.44. The number of thiazole rings is 1. The summed E-state index contributed by atoms with van der Waals surface area (Å²) in [4.78, 5) is 20.3. The molecule has 1 aliphatic heterocycles. The maximum Gasteiger partial charge on any atom is 0.228 e. The van der Waals surface area contributed by atoms with Gasteiger partial charge < -0.3 is 4.90 Å². The van der Waals surface area contributed by atoms with E-state index in [1.807, 2.05) is 45.1 Å². The summed E-state index contributed by atoms with van der Waals surface area (Å²) >= 11 is 7.54. The van der Waals surface area contributed by atoms with Crippen molar-refractivity contribution in [3.8, 4) is 11.3 Å².